The van der Waals surface area contributed by atoms with Gasteiger partial charge in [-0.2, -0.15) is 0 Å². The number of hydrogen-bond donors (Lipinski definition) is 1. The van der Waals surface area contributed by atoms with Crippen molar-refractivity contribution in [3.8, 4) is 5.75 Å². The summed E-state index contributed by atoms with van der Waals surface area (Å²) in [6, 6.07) is 12.5. The number of carbonyl (C=O) groups is 2. The third-order valence-corrected chi connectivity index (χ3v) is 3.67. The van der Waals surface area contributed by atoms with Crippen LogP contribution in [0.3, 0.4) is 0 Å². The standard InChI is InChI=1S/C18H18ClFN2O3/c1-22(9-10-25-14-6-4-5-13(19)11-14)17(23)12-21-18(24)15-7-2-3-8-16(15)20/h2-8,11H,9-10,12H2,1H3,(H,21,24). The first-order chi connectivity index (χ1) is 12.0. The molecule has 0 bridgehead atoms. The van der Waals surface area contributed by atoms with E-state index in [1.54, 1.807) is 37.4 Å². The summed E-state index contributed by atoms with van der Waals surface area (Å²) in [5.74, 6) is -0.952. The molecule has 0 spiro atoms. The van der Waals surface area contributed by atoms with Crippen molar-refractivity contribution >= 4 is 23.4 Å². The van der Waals surface area contributed by atoms with Crippen molar-refractivity contribution in [1.82, 2.24) is 10.2 Å². The van der Waals surface area contributed by atoms with Gasteiger partial charge in [-0.15, -0.1) is 0 Å². The molecular formula is C18H18ClFN2O3. The van der Waals surface area contributed by atoms with Gasteiger partial charge in [0.25, 0.3) is 5.91 Å². The molecule has 0 saturated heterocycles. The number of benzene rings is 2. The summed E-state index contributed by atoms with van der Waals surface area (Å²) < 4.78 is 19.0. The molecule has 2 aromatic carbocycles. The van der Waals surface area contributed by atoms with Crippen LogP contribution in [-0.2, 0) is 4.79 Å². The molecule has 7 heteroatoms. The highest BCUT2D eigenvalue weighted by molar-refractivity contribution is 6.30. The Kier molecular flexibility index (Phi) is 6.77. The molecule has 0 saturated carbocycles. The van der Waals surface area contributed by atoms with Gasteiger partial charge in [-0.25, -0.2) is 4.39 Å². The van der Waals surface area contributed by atoms with E-state index in [0.717, 1.165) is 0 Å². The number of ether oxygens (including phenoxy) is 1. The summed E-state index contributed by atoms with van der Waals surface area (Å²) in [5.41, 5.74) is -0.0951. The fraction of sp³-hybridized carbons (Fsp3) is 0.222. The summed E-state index contributed by atoms with van der Waals surface area (Å²) in [6.07, 6.45) is 0. The van der Waals surface area contributed by atoms with Crippen LogP contribution in [0.15, 0.2) is 48.5 Å². The number of amides is 2. The van der Waals surface area contributed by atoms with Gasteiger partial charge in [0.05, 0.1) is 18.7 Å². The molecule has 0 heterocycles. The summed E-state index contributed by atoms with van der Waals surface area (Å²) >= 11 is 5.86. The summed E-state index contributed by atoms with van der Waals surface area (Å²) in [6.45, 7) is 0.394. The molecule has 5 nitrogen and oxygen atoms in total. The third-order valence-electron chi connectivity index (χ3n) is 3.44. The van der Waals surface area contributed by atoms with Crippen LogP contribution in [0.25, 0.3) is 0 Å². The average Bonchev–Trinajstić information content (AvgIpc) is 2.59. The van der Waals surface area contributed by atoms with Crippen LogP contribution in [0.1, 0.15) is 10.4 Å². The number of hydrogen-bond acceptors (Lipinski definition) is 3. The molecule has 0 radical (unpaired) electrons. The van der Waals surface area contributed by atoms with E-state index in [1.165, 1.54) is 23.1 Å². The normalized spacial score (nSPS) is 10.2. The predicted molar refractivity (Wildman–Crippen MR) is 93.3 cm³/mol. The average molecular weight is 365 g/mol. The Morgan fingerprint density at radius 3 is 2.68 bits per heavy atom. The third kappa shape index (κ3) is 5.76. The number of carbonyl (C=O) groups excluding carboxylic acids is 2. The van der Waals surface area contributed by atoms with E-state index in [4.69, 9.17) is 16.3 Å². The summed E-state index contributed by atoms with van der Waals surface area (Å²) in [4.78, 5) is 25.3. The summed E-state index contributed by atoms with van der Waals surface area (Å²) in [5, 5.41) is 2.98. The van der Waals surface area contributed by atoms with Gasteiger partial charge in [-0.3, -0.25) is 9.59 Å². The van der Waals surface area contributed by atoms with Gasteiger partial charge >= 0.3 is 0 Å². The fourth-order valence-corrected chi connectivity index (χ4v) is 2.19. The van der Waals surface area contributed by atoms with Gasteiger partial charge in [-0.05, 0) is 30.3 Å². The monoisotopic (exact) mass is 364 g/mol. The van der Waals surface area contributed by atoms with Gasteiger partial charge in [0.15, 0.2) is 0 Å². The Labute approximate surface area is 150 Å². The molecule has 0 fully saturated rings. The molecule has 0 aliphatic heterocycles. The Bertz CT molecular complexity index is 755. The van der Waals surface area contributed by atoms with E-state index in [9.17, 15) is 14.0 Å². The lowest BCUT2D eigenvalue weighted by atomic mass is 10.2. The highest BCUT2D eigenvalue weighted by atomic mass is 35.5. The predicted octanol–water partition coefficient (Wildman–Crippen LogP) is 2.75. The van der Waals surface area contributed by atoms with E-state index in [2.05, 4.69) is 5.32 Å². The lowest BCUT2D eigenvalue weighted by Gasteiger charge is -2.18. The molecular weight excluding hydrogens is 347 g/mol. The number of likely N-dealkylation sites (N-methyl/N-ethyl adjacent to an activating group) is 1. The molecule has 0 atom stereocenters. The first-order valence-corrected chi connectivity index (χ1v) is 8.00. The highest BCUT2D eigenvalue weighted by Gasteiger charge is 2.14. The van der Waals surface area contributed by atoms with Crippen LogP contribution in [-0.4, -0.2) is 43.5 Å². The Morgan fingerprint density at radius 2 is 1.96 bits per heavy atom. The smallest absolute Gasteiger partial charge is 0.254 e. The van der Waals surface area contributed by atoms with Gasteiger partial charge in [0, 0.05) is 12.1 Å². The van der Waals surface area contributed by atoms with Crippen molar-refractivity contribution in [2.24, 2.45) is 0 Å². The maximum atomic E-state index is 13.5. The highest BCUT2D eigenvalue weighted by Crippen LogP contribution is 2.16. The molecule has 0 aromatic heterocycles. The zero-order valence-corrected chi connectivity index (χ0v) is 14.4. The van der Waals surface area contributed by atoms with E-state index >= 15 is 0 Å². The second-order valence-electron chi connectivity index (χ2n) is 5.28. The first kappa shape index (κ1) is 18.7. The van der Waals surface area contributed by atoms with E-state index in [1.807, 2.05) is 0 Å². The van der Waals surface area contributed by atoms with Crippen molar-refractivity contribution in [2.75, 3.05) is 26.7 Å². The van der Waals surface area contributed by atoms with Crippen LogP contribution in [0, 0.1) is 5.82 Å². The largest absolute Gasteiger partial charge is 0.492 e. The number of nitrogens with zero attached hydrogens (tertiary/aromatic N) is 1. The van der Waals surface area contributed by atoms with Gasteiger partial charge in [-0.1, -0.05) is 29.8 Å². The van der Waals surface area contributed by atoms with Crippen LogP contribution >= 0.6 is 11.6 Å². The zero-order chi connectivity index (χ0) is 18.2. The second-order valence-corrected chi connectivity index (χ2v) is 5.72. The molecule has 25 heavy (non-hydrogen) atoms. The van der Waals surface area contributed by atoms with Crippen LogP contribution < -0.4 is 10.1 Å². The SMILES string of the molecule is CN(CCOc1cccc(Cl)c1)C(=O)CNC(=O)c1ccccc1F. The molecule has 0 unspecified atom stereocenters. The van der Waals surface area contributed by atoms with Crippen molar-refractivity contribution in [2.45, 2.75) is 0 Å². The van der Waals surface area contributed by atoms with Crippen molar-refractivity contribution in [1.29, 1.82) is 0 Å². The molecule has 0 aliphatic rings. The lowest BCUT2D eigenvalue weighted by Crippen LogP contribution is -2.39. The van der Waals surface area contributed by atoms with Gasteiger partial charge < -0.3 is 15.0 Å². The van der Waals surface area contributed by atoms with Crippen molar-refractivity contribution < 1.29 is 18.7 Å². The maximum absolute atomic E-state index is 13.5. The van der Waals surface area contributed by atoms with Crippen molar-refractivity contribution in [3.63, 3.8) is 0 Å². The first-order valence-electron chi connectivity index (χ1n) is 7.62. The van der Waals surface area contributed by atoms with Crippen LogP contribution in [0.4, 0.5) is 4.39 Å². The Morgan fingerprint density at radius 1 is 1.20 bits per heavy atom. The van der Waals surface area contributed by atoms with E-state index in [0.29, 0.717) is 17.3 Å². The van der Waals surface area contributed by atoms with Crippen LogP contribution in [0.5, 0.6) is 5.75 Å². The second kappa shape index (κ2) is 9.03. The molecule has 0 aliphatic carbocycles. The zero-order valence-electron chi connectivity index (χ0n) is 13.7. The maximum Gasteiger partial charge on any atom is 0.254 e. The quantitative estimate of drug-likeness (QED) is 0.821. The van der Waals surface area contributed by atoms with Crippen LogP contribution in [0.2, 0.25) is 5.02 Å². The minimum atomic E-state index is -0.630. The Hall–Kier alpha value is -2.60. The van der Waals surface area contributed by atoms with Gasteiger partial charge in [0.1, 0.15) is 18.2 Å². The lowest BCUT2D eigenvalue weighted by molar-refractivity contribution is -0.129. The number of halogens is 2. The molecule has 2 rings (SSSR count). The fourth-order valence-electron chi connectivity index (χ4n) is 2.01. The number of rotatable bonds is 7. The Balaban J connectivity index is 1.75. The van der Waals surface area contributed by atoms with E-state index in [-0.39, 0.29) is 24.6 Å². The molecule has 2 amide bonds. The molecule has 1 N–H and O–H groups in total. The van der Waals surface area contributed by atoms with Gasteiger partial charge in [0.2, 0.25) is 5.91 Å². The minimum absolute atomic E-state index is 0.0951. The molecule has 132 valence electrons. The van der Waals surface area contributed by atoms with E-state index < -0.39 is 11.7 Å². The molecule has 2 aromatic rings. The van der Waals surface area contributed by atoms with Crippen molar-refractivity contribution in [3.05, 3.63) is 64.9 Å². The summed E-state index contributed by atoms with van der Waals surface area (Å²) in [7, 11) is 1.60. The number of nitrogens with one attached hydrogen (secondary N) is 1. The topological polar surface area (TPSA) is 58.6 Å². The minimum Gasteiger partial charge on any atom is -0.492 e.